The number of hydrogen-bond donors (Lipinski definition) is 1. The van der Waals surface area contributed by atoms with Gasteiger partial charge in [0.2, 0.25) is 5.91 Å². The van der Waals surface area contributed by atoms with Crippen molar-refractivity contribution in [1.82, 2.24) is 10.3 Å². The largest absolute Gasteiger partial charge is 0.295 e. The van der Waals surface area contributed by atoms with Crippen LogP contribution in [0.1, 0.15) is 24.3 Å². The molecule has 4 nitrogen and oxygen atoms in total. The van der Waals surface area contributed by atoms with E-state index in [1.54, 1.807) is 6.20 Å². The average Bonchev–Trinajstić information content (AvgIpc) is 2.98. The summed E-state index contributed by atoms with van der Waals surface area (Å²) in [6, 6.07) is 16.0. The molecule has 1 aliphatic heterocycles. The Labute approximate surface area is 156 Å². The first-order valence-electron chi connectivity index (χ1n) is 8.82. The average molecular weight is 364 g/mol. The molecule has 3 aromatic rings. The maximum Gasteiger partial charge on any atom is 0.248 e. The van der Waals surface area contributed by atoms with Crippen molar-refractivity contribution >= 4 is 34.0 Å². The molecule has 1 spiro atoms. The normalized spacial score (nSPS) is 25.0. The Morgan fingerprint density at radius 1 is 1.08 bits per heavy atom. The fourth-order valence-corrected chi connectivity index (χ4v) is 4.56. The molecule has 1 N–H and O–H groups in total. The monoisotopic (exact) mass is 363 g/mol. The van der Waals surface area contributed by atoms with E-state index in [1.807, 2.05) is 53.6 Å². The minimum atomic E-state index is -0.471. The zero-order valence-corrected chi connectivity index (χ0v) is 14.9. The molecular weight excluding hydrogens is 346 g/mol. The zero-order valence-electron chi connectivity index (χ0n) is 14.2. The van der Waals surface area contributed by atoms with E-state index in [2.05, 4.69) is 16.4 Å². The molecule has 2 aliphatic rings. The van der Waals surface area contributed by atoms with Crippen LogP contribution >= 0.6 is 11.6 Å². The number of rotatable bonds is 2. The number of nitrogens with one attached hydrogen (secondary N) is 1. The van der Waals surface area contributed by atoms with E-state index >= 15 is 0 Å². The summed E-state index contributed by atoms with van der Waals surface area (Å²) < 4.78 is 0. The summed E-state index contributed by atoms with van der Waals surface area (Å²) in [5.74, 6) is 0.463. The van der Waals surface area contributed by atoms with Crippen LogP contribution in [0.5, 0.6) is 0 Å². The van der Waals surface area contributed by atoms with E-state index in [9.17, 15) is 4.79 Å². The number of carbonyl (C=O) groups excluding carboxylic acids is 1. The summed E-state index contributed by atoms with van der Waals surface area (Å²) in [6.45, 7) is 0.518. The van der Waals surface area contributed by atoms with Gasteiger partial charge < -0.3 is 0 Å². The smallest absolute Gasteiger partial charge is 0.248 e. The van der Waals surface area contributed by atoms with Gasteiger partial charge in [0.1, 0.15) is 5.54 Å². The number of anilines is 1. The van der Waals surface area contributed by atoms with Crippen LogP contribution in [0.15, 0.2) is 60.9 Å². The molecule has 1 aromatic heterocycles. The lowest BCUT2D eigenvalue weighted by atomic mass is 9.65. The van der Waals surface area contributed by atoms with Crippen LogP contribution in [0, 0.1) is 0 Å². The second kappa shape index (κ2) is 5.79. The van der Waals surface area contributed by atoms with Crippen molar-refractivity contribution in [1.29, 1.82) is 0 Å². The highest BCUT2D eigenvalue weighted by atomic mass is 35.5. The van der Waals surface area contributed by atoms with E-state index in [1.165, 1.54) is 0 Å². The second-order valence-electron chi connectivity index (χ2n) is 7.16. The molecule has 1 saturated heterocycles. The molecule has 0 unspecified atom stereocenters. The van der Waals surface area contributed by atoms with E-state index in [0.29, 0.717) is 12.6 Å². The van der Waals surface area contributed by atoms with Crippen LogP contribution in [-0.2, 0) is 4.79 Å². The topological polar surface area (TPSA) is 45.2 Å². The third kappa shape index (κ3) is 2.26. The number of hydrogen-bond acceptors (Lipinski definition) is 3. The molecule has 1 aliphatic carbocycles. The van der Waals surface area contributed by atoms with Gasteiger partial charge >= 0.3 is 0 Å². The third-order valence-electron chi connectivity index (χ3n) is 5.70. The van der Waals surface area contributed by atoms with Crippen molar-refractivity contribution in [3.63, 3.8) is 0 Å². The van der Waals surface area contributed by atoms with E-state index in [-0.39, 0.29) is 5.91 Å². The van der Waals surface area contributed by atoms with Crippen molar-refractivity contribution < 1.29 is 4.79 Å². The molecule has 2 aromatic carbocycles. The van der Waals surface area contributed by atoms with Gasteiger partial charge in [-0.2, -0.15) is 0 Å². The molecular formula is C21H18ClN3O. The number of pyridine rings is 1. The molecule has 0 radical (unpaired) electrons. The van der Waals surface area contributed by atoms with Crippen LogP contribution in [0.2, 0.25) is 5.02 Å². The van der Waals surface area contributed by atoms with Gasteiger partial charge in [-0.3, -0.25) is 20.0 Å². The number of nitrogens with zero attached hydrogens (tertiary/aromatic N) is 2. The standard InChI is InChI=1S/C21H18ClN3O/c22-18-8-4-3-6-16(18)15-9-21(10-15)20(26)25(13-24-21)19-12-23-11-14-5-1-2-7-17(14)19/h1-8,11-12,15,24H,9-10,13H2. The first-order valence-corrected chi connectivity index (χ1v) is 9.20. The zero-order chi connectivity index (χ0) is 17.7. The molecule has 1 saturated carbocycles. The quantitative estimate of drug-likeness (QED) is 0.745. The molecule has 1 amide bonds. The predicted molar refractivity (Wildman–Crippen MR) is 103 cm³/mol. The number of fused-ring (bicyclic) bond motifs is 1. The minimum Gasteiger partial charge on any atom is -0.295 e. The van der Waals surface area contributed by atoms with Gasteiger partial charge in [0.05, 0.1) is 18.6 Å². The SMILES string of the molecule is O=C1N(c2cncc3ccccc23)CNC12CC(c1ccccc1Cl)C2. The highest BCUT2D eigenvalue weighted by Crippen LogP contribution is 2.49. The highest BCUT2D eigenvalue weighted by Gasteiger charge is 2.56. The Morgan fingerprint density at radius 3 is 2.69 bits per heavy atom. The third-order valence-corrected chi connectivity index (χ3v) is 6.05. The summed E-state index contributed by atoms with van der Waals surface area (Å²) in [7, 11) is 0. The van der Waals surface area contributed by atoms with Gasteiger partial charge in [-0.05, 0) is 30.4 Å². The van der Waals surface area contributed by atoms with Crippen LogP contribution < -0.4 is 10.2 Å². The van der Waals surface area contributed by atoms with Gasteiger partial charge in [0, 0.05) is 22.0 Å². The molecule has 5 rings (SSSR count). The summed E-state index contributed by atoms with van der Waals surface area (Å²) in [4.78, 5) is 19.4. The Hall–Kier alpha value is -2.43. The fourth-order valence-electron chi connectivity index (χ4n) is 4.27. The van der Waals surface area contributed by atoms with E-state index in [0.717, 1.165) is 39.9 Å². The second-order valence-corrected chi connectivity index (χ2v) is 7.56. The van der Waals surface area contributed by atoms with E-state index < -0.39 is 5.54 Å². The van der Waals surface area contributed by atoms with Crippen LogP contribution in [0.25, 0.3) is 10.8 Å². The lowest BCUT2D eigenvalue weighted by Crippen LogP contribution is -2.56. The van der Waals surface area contributed by atoms with Crippen LogP contribution in [-0.4, -0.2) is 23.1 Å². The maximum atomic E-state index is 13.2. The summed E-state index contributed by atoms with van der Waals surface area (Å²) in [5, 5.41) is 6.34. The summed E-state index contributed by atoms with van der Waals surface area (Å²) in [5.41, 5.74) is 1.54. The number of amides is 1. The molecule has 2 fully saturated rings. The summed E-state index contributed by atoms with van der Waals surface area (Å²) in [6.07, 6.45) is 5.18. The molecule has 5 heteroatoms. The van der Waals surface area contributed by atoms with E-state index in [4.69, 9.17) is 11.6 Å². The van der Waals surface area contributed by atoms with Crippen molar-refractivity contribution in [3.05, 3.63) is 71.5 Å². The highest BCUT2D eigenvalue weighted by molar-refractivity contribution is 6.31. The predicted octanol–water partition coefficient (Wildman–Crippen LogP) is 4.10. The number of aromatic nitrogens is 1. The lowest BCUT2D eigenvalue weighted by molar-refractivity contribution is -0.125. The molecule has 0 bridgehead atoms. The molecule has 130 valence electrons. The van der Waals surface area contributed by atoms with Crippen molar-refractivity contribution in [3.8, 4) is 0 Å². The number of carbonyl (C=O) groups is 1. The van der Waals surface area contributed by atoms with Crippen LogP contribution in [0.3, 0.4) is 0 Å². The van der Waals surface area contributed by atoms with Gasteiger partial charge in [0.15, 0.2) is 0 Å². The Morgan fingerprint density at radius 2 is 1.85 bits per heavy atom. The van der Waals surface area contributed by atoms with Crippen molar-refractivity contribution in [2.24, 2.45) is 0 Å². The maximum absolute atomic E-state index is 13.2. The Kier molecular flexibility index (Phi) is 3.52. The number of halogens is 1. The first-order chi connectivity index (χ1) is 12.7. The van der Waals surface area contributed by atoms with Gasteiger partial charge in [-0.1, -0.05) is 54.1 Å². The molecule has 0 atom stereocenters. The summed E-state index contributed by atoms with van der Waals surface area (Å²) >= 11 is 6.33. The van der Waals surface area contributed by atoms with Crippen LogP contribution in [0.4, 0.5) is 5.69 Å². The number of benzene rings is 2. The lowest BCUT2D eigenvalue weighted by Gasteiger charge is -2.43. The first kappa shape index (κ1) is 15.8. The van der Waals surface area contributed by atoms with Gasteiger partial charge in [-0.25, -0.2) is 0 Å². The minimum absolute atomic E-state index is 0.138. The van der Waals surface area contributed by atoms with Crippen molar-refractivity contribution in [2.45, 2.75) is 24.3 Å². The molecule has 26 heavy (non-hydrogen) atoms. The fraction of sp³-hybridized carbons (Fsp3) is 0.238. The Balaban J connectivity index is 1.42. The molecule has 2 heterocycles. The van der Waals surface area contributed by atoms with Gasteiger partial charge in [-0.15, -0.1) is 0 Å². The van der Waals surface area contributed by atoms with Gasteiger partial charge in [0.25, 0.3) is 0 Å². The Bertz CT molecular complexity index is 1010. The van der Waals surface area contributed by atoms with Crippen molar-refractivity contribution in [2.75, 3.05) is 11.6 Å².